The zero-order chi connectivity index (χ0) is 15.2. The molecule has 0 unspecified atom stereocenters. The van der Waals surface area contributed by atoms with Crippen molar-refractivity contribution in [3.63, 3.8) is 0 Å². The van der Waals surface area contributed by atoms with Crippen LogP contribution in [-0.4, -0.2) is 20.1 Å². The SMILES string of the molecule is COc1cc(CC(N)=O)c(Cc2ccccc2)cc1OC. The fraction of sp³-hybridized carbons (Fsp3) is 0.235. The average molecular weight is 285 g/mol. The van der Waals surface area contributed by atoms with E-state index in [9.17, 15) is 4.79 Å². The number of hydrogen-bond acceptors (Lipinski definition) is 3. The van der Waals surface area contributed by atoms with Crippen molar-refractivity contribution in [3.8, 4) is 11.5 Å². The van der Waals surface area contributed by atoms with Crippen LogP contribution in [0.15, 0.2) is 42.5 Å². The lowest BCUT2D eigenvalue weighted by atomic mass is 9.97. The molecule has 0 aliphatic heterocycles. The monoisotopic (exact) mass is 285 g/mol. The number of carbonyl (C=O) groups excluding carboxylic acids is 1. The number of primary amides is 1. The van der Waals surface area contributed by atoms with E-state index < -0.39 is 0 Å². The Bertz CT molecular complexity index is 623. The van der Waals surface area contributed by atoms with Crippen molar-refractivity contribution in [3.05, 3.63) is 59.2 Å². The molecule has 0 saturated heterocycles. The molecule has 0 heterocycles. The lowest BCUT2D eigenvalue weighted by molar-refractivity contribution is -0.117. The van der Waals surface area contributed by atoms with Crippen molar-refractivity contribution < 1.29 is 14.3 Å². The first kappa shape index (κ1) is 14.9. The van der Waals surface area contributed by atoms with Crippen LogP contribution in [0.25, 0.3) is 0 Å². The molecule has 0 spiro atoms. The van der Waals surface area contributed by atoms with Crippen LogP contribution in [0.5, 0.6) is 11.5 Å². The number of carbonyl (C=O) groups is 1. The normalized spacial score (nSPS) is 10.2. The average Bonchev–Trinajstić information content (AvgIpc) is 2.49. The van der Waals surface area contributed by atoms with E-state index in [1.807, 2.05) is 42.5 Å². The summed E-state index contributed by atoms with van der Waals surface area (Å²) in [5.41, 5.74) is 8.38. The summed E-state index contributed by atoms with van der Waals surface area (Å²) >= 11 is 0. The van der Waals surface area contributed by atoms with E-state index >= 15 is 0 Å². The van der Waals surface area contributed by atoms with E-state index in [0.29, 0.717) is 17.9 Å². The smallest absolute Gasteiger partial charge is 0.221 e. The van der Waals surface area contributed by atoms with Crippen molar-refractivity contribution >= 4 is 5.91 Å². The summed E-state index contributed by atoms with van der Waals surface area (Å²) in [6.45, 7) is 0. The van der Waals surface area contributed by atoms with Crippen LogP contribution in [0.4, 0.5) is 0 Å². The van der Waals surface area contributed by atoms with Crippen LogP contribution in [0.2, 0.25) is 0 Å². The Kier molecular flexibility index (Phi) is 4.82. The molecule has 0 radical (unpaired) electrons. The number of nitrogens with two attached hydrogens (primary N) is 1. The molecule has 21 heavy (non-hydrogen) atoms. The molecule has 0 aliphatic carbocycles. The van der Waals surface area contributed by atoms with Crippen LogP contribution in [0.3, 0.4) is 0 Å². The Hall–Kier alpha value is -2.49. The van der Waals surface area contributed by atoms with Crippen LogP contribution in [0, 0.1) is 0 Å². The maximum atomic E-state index is 11.3. The number of ether oxygens (including phenoxy) is 2. The molecule has 2 aromatic rings. The molecule has 0 aromatic heterocycles. The molecule has 2 rings (SSSR count). The molecular weight excluding hydrogens is 266 g/mol. The van der Waals surface area contributed by atoms with E-state index in [2.05, 4.69) is 0 Å². The van der Waals surface area contributed by atoms with E-state index in [4.69, 9.17) is 15.2 Å². The van der Waals surface area contributed by atoms with Gasteiger partial charge in [0.2, 0.25) is 5.91 Å². The minimum Gasteiger partial charge on any atom is -0.493 e. The molecule has 0 saturated carbocycles. The summed E-state index contributed by atoms with van der Waals surface area (Å²) in [5.74, 6) is 0.888. The number of methoxy groups -OCH3 is 2. The van der Waals surface area contributed by atoms with E-state index in [1.165, 1.54) is 0 Å². The van der Waals surface area contributed by atoms with Gasteiger partial charge < -0.3 is 15.2 Å². The molecule has 2 aromatic carbocycles. The molecule has 0 fully saturated rings. The third-order valence-corrected chi connectivity index (χ3v) is 3.31. The maximum absolute atomic E-state index is 11.3. The van der Waals surface area contributed by atoms with Gasteiger partial charge in [0.25, 0.3) is 0 Å². The molecule has 0 aliphatic rings. The van der Waals surface area contributed by atoms with Gasteiger partial charge in [-0.15, -0.1) is 0 Å². The summed E-state index contributed by atoms with van der Waals surface area (Å²) < 4.78 is 10.6. The molecule has 0 bridgehead atoms. The van der Waals surface area contributed by atoms with Gasteiger partial charge in [-0.25, -0.2) is 0 Å². The Labute approximate surface area is 124 Å². The highest BCUT2D eigenvalue weighted by Crippen LogP contribution is 2.31. The first-order valence-corrected chi connectivity index (χ1v) is 6.70. The summed E-state index contributed by atoms with van der Waals surface area (Å²) in [7, 11) is 3.17. The van der Waals surface area contributed by atoms with Gasteiger partial charge in [0.1, 0.15) is 0 Å². The molecule has 4 nitrogen and oxygen atoms in total. The van der Waals surface area contributed by atoms with Crippen molar-refractivity contribution in [1.82, 2.24) is 0 Å². The van der Waals surface area contributed by atoms with E-state index in [0.717, 1.165) is 16.7 Å². The maximum Gasteiger partial charge on any atom is 0.221 e. The number of rotatable bonds is 6. The van der Waals surface area contributed by atoms with Crippen LogP contribution in [-0.2, 0) is 17.6 Å². The minimum absolute atomic E-state index is 0.183. The van der Waals surface area contributed by atoms with Gasteiger partial charge in [-0.2, -0.15) is 0 Å². The molecule has 2 N–H and O–H groups in total. The molecule has 110 valence electrons. The van der Waals surface area contributed by atoms with E-state index in [-0.39, 0.29) is 12.3 Å². The van der Waals surface area contributed by atoms with Gasteiger partial charge in [-0.1, -0.05) is 30.3 Å². The quantitative estimate of drug-likeness (QED) is 0.886. The summed E-state index contributed by atoms with van der Waals surface area (Å²) in [4.78, 5) is 11.3. The topological polar surface area (TPSA) is 61.5 Å². The third-order valence-electron chi connectivity index (χ3n) is 3.31. The molecule has 1 amide bonds. The Morgan fingerprint density at radius 2 is 1.57 bits per heavy atom. The Balaban J connectivity index is 2.43. The van der Waals surface area contributed by atoms with Crippen molar-refractivity contribution in [1.29, 1.82) is 0 Å². The first-order chi connectivity index (χ1) is 10.1. The fourth-order valence-corrected chi connectivity index (χ4v) is 2.30. The standard InChI is InChI=1S/C17H19NO3/c1-20-15-9-13(8-12-6-4-3-5-7-12)14(11-17(18)19)10-16(15)21-2/h3-7,9-10H,8,11H2,1-2H3,(H2,18,19). The largest absolute Gasteiger partial charge is 0.493 e. The van der Waals surface area contributed by atoms with Gasteiger partial charge in [-0.05, 0) is 35.2 Å². The van der Waals surface area contributed by atoms with Crippen molar-refractivity contribution in [2.24, 2.45) is 5.73 Å². The zero-order valence-electron chi connectivity index (χ0n) is 12.3. The second-order valence-corrected chi connectivity index (χ2v) is 4.78. The van der Waals surface area contributed by atoms with Crippen LogP contribution in [0.1, 0.15) is 16.7 Å². The van der Waals surface area contributed by atoms with E-state index in [1.54, 1.807) is 14.2 Å². The minimum atomic E-state index is -0.364. The molecule has 0 atom stereocenters. The lowest BCUT2D eigenvalue weighted by Gasteiger charge is -2.14. The number of amides is 1. The predicted molar refractivity (Wildman–Crippen MR) is 81.7 cm³/mol. The highest BCUT2D eigenvalue weighted by molar-refractivity contribution is 5.77. The highest BCUT2D eigenvalue weighted by atomic mass is 16.5. The summed E-state index contributed by atoms with van der Waals surface area (Å²) in [6, 6.07) is 13.8. The fourth-order valence-electron chi connectivity index (χ4n) is 2.30. The molecule has 4 heteroatoms. The second kappa shape index (κ2) is 6.79. The van der Waals surface area contributed by atoms with Gasteiger partial charge >= 0.3 is 0 Å². The van der Waals surface area contributed by atoms with Gasteiger partial charge in [0.05, 0.1) is 20.6 Å². The summed E-state index contributed by atoms with van der Waals surface area (Å²) in [5, 5.41) is 0. The second-order valence-electron chi connectivity index (χ2n) is 4.78. The third kappa shape index (κ3) is 3.75. The van der Waals surface area contributed by atoms with Gasteiger partial charge in [0, 0.05) is 0 Å². The highest BCUT2D eigenvalue weighted by Gasteiger charge is 2.13. The van der Waals surface area contributed by atoms with Gasteiger partial charge in [0.15, 0.2) is 11.5 Å². The number of benzene rings is 2. The Morgan fingerprint density at radius 3 is 2.10 bits per heavy atom. The van der Waals surface area contributed by atoms with Crippen LogP contribution < -0.4 is 15.2 Å². The Morgan fingerprint density at radius 1 is 1.00 bits per heavy atom. The number of hydrogen-bond donors (Lipinski definition) is 1. The van der Waals surface area contributed by atoms with Crippen molar-refractivity contribution in [2.45, 2.75) is 12.8 Å². The van der Waals surface area contributed by atoms with Crippen molar-refractivity contribution in [2.75, 3.05) is 14.2 Å². The van der Waals surface area contributed by atoms with Crippen LogP contribution >= 0.6 is 0 Å². The lowest BCUT2D eigenvalue weighted by Crippen LogP contribution is -2.15. The van der Waals surface area contributed by atoms with Gasteiger partial charge in [-0.3, -0.25) is 4.79 Å². The molecular formula is C17H19NO3. The summed E-state index contributed by atoms with van der Waals surface area (Å²) in [6.07, 6.45) is 0.895. The predicted octanol–water partition coefficient (Wildman–Crippen LogP) is 2.32. The zero-order valence-corrected chi connectivity index (χ0v) is 12.3. The first-order valence-electron chi connectivity index (χ1n) is 6.70.